The van der Waals surface area contributed by atoms with Gasteiger partial charge in [0.2, 0.25) is 11.8 Å². The van der Waals surface area contributed by atoms with Gasteiger partial charge in [-0.2, -0.15) is 0 Å². The maximum absolute atomic E-state index is 13.0. The average molecular weight is 388 g/mol. The highest BCUT2D eigenvalue weighted by atomic mass is 19.1. The Bertz CT molecular complexity index is 809. The van der Waals surface area contributed by atoms with Gasteiger partial charge in [0.15, 0.2) is 11.5 Å². The van der Waals surface area contributed by atoms with Crippen molar-refractivity contribution in [1.29, 1.82) is 0 Å². The molecule has 0 aromatic heterocycles. The molecule has 0 saturated heterocycles. The fourth-order valence-corrected chi connectivity index (χ4v) is 2.68. The van der Waals surface area contributed by atoms with Crippen molar-refractivity contribution in [2.45, 2.75) is 19.9 Å². The van der Waals surface area contributed by atoms with Gasteiger partial charge in [-0.3, -0.25) is 9.59 Å². The SMILES string of the molecule is COc1ccc(CNC(=O)CN(CCc2ccc(F)cc2)C(C)=O)cc1OC. The van der Waals surface area contributed by atoms with Gasteiger partial charge in [-0.05, 0) is 41.8 Å². The third-order valence-corrected chi connectivity index (χ3v) is 4.30. The zero-order valence-corrected chi connectivity index (χ0v) is 16.3. The molecule has 2 amide bonds. The van der Waals surface area contributed by atoms with Crippen LogP contribution < -0.4 is 14.8 Å². The minimum absolute atomic E-state index is 0.0379. The van der Waals surface area contributed by atoms with Crippen LogP contribution in [0.15, 0.2) is 42.5 Å². The third kappa shape index (κ3) is 6.26. The molecule has 0 atom stereocenters. The van der Waals surface area contributed by atoms with Crippen LogP contribution in [0.1, 0.15) is 18.1 Å². The van der Waals surface area contributed by atoms with Crippen molar-refractivity contribution < 1.29 is 23.5 Å². The van der Waals surface area contributed by atoms with E-state index in [9.17, 15) is 14.0 Å². The number of ether oxygens (including phenoxy) is 2. The van der Waals surface area contributed by atoms with Crippen LogP contribution in [0.25, 0.3) is 0 Å². The Morgan fingerprint density at radius 2 is 1.64 bits per heavy atom. The van der Waals surface area contributed by atoms with E-state index in [4.69, 9.17) is 9.47 Å². The molecule has 0 aliphatic carbocycles. The van der Waals surface area contributed by atoms with E-state index in [1.807, 2.05) is 6.07 Å². The normalized spacial score (nSPS) is 10.3. The molecule has 7 heteroatoms. The number of amides is 2. The first kappa shape index (κ1) is 21.2. The first-order valence-corrected chi connectivity index (χ1v) is 8.90. The molecule has 28 heavy (non-hydrogen) atoms. The van der Waals surface area contributed by atoms with Gasteiger partial charge in [0.25, 0.3) is 0 Å². The molecule has 0 saturated carbocycles. The molecule has 0 heterocycles. The van der Waals surface area contributed by atoms with E-state index in [0.29, 0.717) is 31.0 Å². The van der Waals surface area contributed by atoms with E-state index >= 15 is 0 Å². The first-order chi connectivity index (χ1) is 13.4. The summed E-state index contributed by atoms with van der Waals surface area (Å²) in [5, 5.41) is 2.80. The minimum Gasteiger partial charge on any atom is -0.493 e. The number of methoxy groups -OCH3 is 2. The Morgan fingerprint density at radius 1 is 1.00 bits per heavy atom. The summed E-state index contributed by atoms with van der Waals surface area (Å²) in [6, 6.07) is 11.5. The number of carbonyl (C=O) groups is 2. The molecule has 0 fully saturated rings. The molecule has 0 aliphatic rings. The number of hydrogen-bond donors (Lipinski definition) is 1. The lowest BCUT2D eigenvalue weighted by molar-refractivity contribution is -0.134. The second-order valence-corrected chi connectivity index (χ2v) is 6.28. The summed E-state index contributed by atoms with van der Waals surface area (Å²) < 4.78 is 23.4. The van der Waals surface area contributed by atoms with Gasteiger partial charge >= 0.3 is 0 Å². The third-order valence-electron chi connectivity index (χ3n) is 4.30. The number of nitrogens with zero attached hydrogens (tertiary/aromatic N) is 1. The Kier molecular flexibility index (Phi) is 7.80. The topological polar surface area (TPSA) is 67.9 Å². The molecule has 0 unspecified atom stereocenters. The summed E-state index contributed by atoms with van der Waals surface area (Å²) in [6.45, 7) is 2.07. The molecule has 0 bridgehead atoms. The lowest BCUT2D eigenvalue weighted by Crippen LogP contribution is -2.40. The molecule has 150 valence electrons. The molecular weight excluding hydrogens is 363 g/mol. The van der Waals surface area contributed by atoms with Gasteiger partial charge in [-0.15, -0.1) is 0 Å². The van der Waals surface area contributed by atoms with E-state index < -0.39 is 0 Å². The Labute approximate surface area is 164 Å². The summed E-state index contributed by atoms with van der Waals surface area (Å²) in [5.74, 6) is 0.439. The monoisotopic (exact) mass is 388 g/mol. The molecule has 0 aliphatic heterocycles. The van der Waals surface area contributed by atoms with Gasteiger partial charge in [0.05, 0.1) is 20.8 Å². The van der Waals surface area contributed by atoms with Crippen molar-refractivity contribution in [2.24, 2.45) is 0 Å². The van der Waals surface area contributed by atoms with E-state index in [1.165, 1.54) is 24.0 Å². The molecule has 1 N–H and O–H groups in total. The largest absolute Gasteiger partial charge is 0.493 e. The van der Waals surface area contributed by atoms with Gasteiger partial charge < -0.3 is 19.7 Å². The molecule has 0 spiro atoms. The zero-order chi connectivity index (χ0) is 20.5. The van der Waals surface area contributed by atoms with Crippen LogP contribution in [-0.4, -0.2) is 44.0 Å². The molecule has 2 rings (SSSR count). The fraction of sp³-hybridized carbons (Fsp3) is 0.333. The van der Waals surface area contributed by atoms with Gasteiger partial charge in [-0.1, -0.05) is 18.2 Å². The lowest BCUT2D eigenvalue weighted by Gasteiger charge is -2.20. The maximum Gasteiger partial charge on any atom is 0.239 e. The van der Waals surface area contributed by atoms with E-state index in [-0.39, 0.29) is 24.2 Å². The van der Waals surface area contributed by atoms with Gasteiger partial charge in [0, 0.05) is 20.0 Å². The minimum atomic E-state index is -0.304. The van der Waals surface area contributed by atoms with Crippen molar-refractivity contribution in [3.05, 3.63) is 59.4 Å². The number of hydrogen-bond acceptors (Lipinski definition) is 4. The Hall–Kier alpha value is -3.09. The number of rotatable bonds is 9. The van der Waals surface area contributed by atoms with Crippen molar-refractivity contribution in [2.75, 3.05) is 27.3 Å². The highest BCUT2D eigenvalue weighted by molar-refractivity contribution is 5.83. The predicted molar refractivity (Wildman–Crippen MR) is 104 cm³/mol. The van der Waals surface area contributed by atoms with E-state index in [2.05, 4.69) is 5.32 Å². The molecule has 0 radical (unpaired) electrons. The smallest absolute Gasteiger partial charge is 0.239 e. The molecule has 2 aromatic carbocycles. The summed E-state index contributed by atoms with van der Waals surface area (Å²) in [4.78, 5) is 25.6. The van der Waals surface area contributed by atoms with Crippen molar-refractivity contribution in [1.82, 2.24) is 10.2 Å². The summed E-state index contributed by atoms with van der Waals surface area (Å²) in [6.07, 6.45) is 0.544. The average Bonchev–Trinajstić information content (AvgIpc) is 2.70. The van der Waals surface area contributed by atoms with Crippen LogP contribution in [-0.2, 0) is 22.6 Å². The molecule has 2 aromatic rings. The van der Waals surface area contributed by atoms with Crippen molar-refractivity contribution in [3.8, 4) is 11.5 Å². The molecule has 6 nitrogen and oxygen atoms in total. The first-order valence-electron chi connectivity index (χ1n) is 8.90. The van der Waals surface area contributed by atoms with E-state index in [0.717, 1.165) is 11.1 Å². The van der Waals surface area contributed by atoms with Crippen molar-refractivity contribution >= 4 is 11.8 Å². The fourth-order valence-electron chi connectivity index (χ4n) is 2.68. The van der Waals surface area contributed by atoms with E-state index in [1.54, 1.807) is 38.5 Å². The Morgan fingerprint density at radius 3 is 2.25 bits per heavy atom. The van der Waals surface area contributed by atoms with Crippen LogP contribution in [0.5, 0.6) is 11.5 Å². The van der Waals surface area contributed by atoms with Gasteiger partial charge in [0.1, 0.15) is 5.82 Å². The number of carbonyl (C=O) groups excluding carboxylic acids is 2. The Balaban J connectivity index is 1.88. The standard InChI is InChI=1S/C21H25FN2O4/c1-15(25)24(11-10-16-4-7-18(22)8-5-16)14-21(26)23-13-17-6-9-19(27-2)20(12-17)28-3/h4-9,12H,10-11,13-14H2,1-3H3,(H,23,26). The highest BCUT2D eigenvalue weighted by Gasteiger charge is 2.14. The van der Waals surface area contributed by atoms with Crippen LogP contribution >= 0.6 is 0 Å². The van der Waals surface area contributed by atoms with Crippen molar-refractivity contribution in [3.63, 3.8) is 0 Å². The molecular formula is C21H25FN2O4. The lowest BCUT2D eigenvalue weighted by atomic mass is 10.1. The predicted octanol–water partition coefficient (Wildman–Crippen LogP) is 2.55. The quantitative estimate of drug-likeness (QED) is 0.717. The summed E-state index contributed by atoms with van der Waals surface area (Å²) >= 11 is 0. The van der Waals surface area contributed by atoms with Crippen LogP contribution in [0.2, 0.25) is 0 Å². The van der Waals surface area contributed by atoms with Crippen LogP contribution in [0.4, 0.5) is 4.39 Å². The number of nitrogens with one attached hydrogen (secondary N) is 1. The second kappa shape index (κ2) is 10.3. The van der Waals surface area contributed by atoms with Gasteiger partial charge in [-0.25, -0.2) is 4.39 Å². The number of halogens is 1. The zero-order valence-electron chi connectivity index (χ0n) is 16.3. The summed E-state index contributed by atoms with van der Waals surface area (Å²) in [7, 11) is 3.10. The highest BCUT2D eigenvalue weighted by Crippen LogP contribution is 2.27. The van der Waals surface area contributed by atoms with Crippen LogP contribution in [0, 0.1) is 5.82 Å². The maximum atomic E-state index is 13.0. The number of benzene rings is 2. The summed E-state index contributed by atoms with van der Waals surface area (Å²) in [5.41, 5.74) is 1.75. The van der Waals surface area contributed by atoms with Crippen LogP contribution in [0.3, 0.4) is 0 Å². The second-order valence-electron chi connectivity index (χ2n) is 6.28.